The molecule has 0 radical (unpaired) electrons. The summed E-state index contributed by atoms with van der Waals surface area (Å²) in [5.74, 6) is 1.48. The molecule has 3 aromatic carbocycles. The molecular formula is C24H19N3O6S. The van der Waals surface area contributed by atoms with Crippen molar-refractivity contribution in [3.8, 4) is 17.2 Å². The van der Waals surface area contributed by atoms with Crippen LogP contribution in [0, 0.1) is 10.1 Å². The first-order valence-electron chi connectivity index (χ1n) is 10.3. The van der Waals surface area contributed by atoms with Crippen molar-refractivity contribution in [3.05, 3.63) is 92.3 Å². The van der Waals surface area contributed by atoms with E-state index in [0.29, 0.717) is 50.1 Å². The van der Waals surface area contributed by atoms with Crippen LogP contribution in [0.1, 0.15) is 11.1 Å². The zero-order chi connectivity index (χ0) is 23.7. The van der Waals surface area contributed by atoms with Crippen LogP contribution < -0.4 is 15.0 Å². The molecule has 0 saturated heterocycles. The van der Waals surface area contributed by atoms with Crippen LogP contribution >= 0.6 is 11.8 Å². The Kier molecular flexibility index (Phi) is 5.91. The van der Waals surface area contributed by atoms with Crippen LogP contribution in [0.15, 0.2) is 70.6 Å². The van der Waals surface area contributed by atoms with E-state index in [1.54, 1.807) is 49.6 Å². The Morgan fingerprint density at radius 1 is 1.18 bits per heavy atom. The Bertz CT molecular complexity index is 1470. The number of methoxy groups -OCH3 is 1. The van der Waals surface area contributed by atoms with Crippen LogP contribution in [0.3, 0.4) is 0 Å². The Labute approximate surface area is 198 Å². The van der Waals surface area contributed by atoms with E-state index in [0.717, 1.165) is 0 Å². The second-order valence-corrected chi connectivity index (χ2v) is 8.45. The van der Waals surface area contributed by atoms with Gasteiger partial charge in [0, 0.05) is 35.1 Å². The predicted octanol–water partition coefficient (Wildman–Crippen LogP) is 4.46. The Balaban J connectivity index is 1.61. The van der Waals surface area contributed by atoms with E-state index in [4.69, 9.17) is 19.2 Å². The number of fused-ring (bicyclic) bond motifs is 2. The molecule has 1 aromatic heterocycles. The van der Waals surface area contributed by atoms with Crippen LogP contribution in [-0.2, 0) is 17.1 Å². The largest absolute Gasteiger partial charge is 0.497 e. The van der Waals surface area contributed by atoms with Gasteiger partial charge in [0.25, 0.3) is 11.2 Å². The molecule has 0 aliphatic carbocycles. The number of nitro benzene ring substituents is 1. The minimum absolute atomic E-state index is 0.0416. The van der Waals surface area contributed by atoms with Crippen molar-refractivity contribution < 1.29 is 19.1 Å². The fourth-order valence-corrected chi connectivity index (χ4v) is 4.80. The minimum Gasteiger partial charge on any atom is -0.497 e. The van der Waals surface area contributed by atoms with Gasteiger partial charge in [-0.05, 0) is 24.3 Å². The second-order valence-electron chi connectivity index (χ2n) is 7.50. The molecule has 0 amide bonds. The molecule has 10 heteroatoms. The van der Waals surface area contributed by atoms with Crippen molar-refractivity contribution in [2.75, 3.05) is 13.9 Å². The molecule has 1 aliphatic heterocycles. The van der Waals surface area contributed by atoms with E-state index in [1.165, 1.54) is 28.5 Å². The summed E-state index contributed by atoms with van der Waals surface area (Å²) in [4.78, 5) is 29.2. The highest BCUT2D eigenvalue weighted by atomic mass is 32.2. The van der Waals surface area contributed by atoms with E-state index in [9.17, 15) is 14.9 Å². The Morgan fingerprint density at radius 3 is 2.85 bits per heavy atom. The zero-order valence-electron chi connectivity index (χ0n) is 18.1. The number of nitro groups is 1. The lowest BCUT2D eigenvalue weighted by atomic mass is 10.1. The first-order chi connectivity index (χ1) is 16.5. The highest BCUT2D eigenvalue weighted by molar-refractivity contribution is 7.98. The fraction of sp³-hybridized carbons (Fsp3) is 0.167. The number of ether oxygens (including phenoxy) is 3. The molecule has 1 aliphatic rings. The monoisotopic (exact) mass is 477 g/mol. The lowest BCUT2D eigenvalue weighted by Gasteiger charge is -2.20. The van der Waals surface area contributed by atoms with E-state index < -0.39 is 4.92 Å². The summed E-state index contributed by atoms with van der Waals surface area (Å²) in [6, 6.07) is 17.3. The highest BCUT2D eigenvalue weighted by Crippen LogP contribution is 2.36. The third-order valence-electron chi connectivity index (χ3n) is 5.40. The summed E-state index contributed by atoms with van der Waals surface area (Å²) in [6.07, 6.45) is 0. The van der Waals surface area contributed by atoms with Crippen molar-refractivity contribution in [1.29, 1.82) is 0 Å². The van der Waals surface area contributed by atoms with Crippen LogP contribution in [0.25, 0.3) is 16.6 Å². The normalized spacial score (nSPS) is 12.7. The maximum atomic E-state index is 13.5. The number of hydrogen-bond acceptors (Lipinski definition) is 8. The molecule has 172 valence electrons. The number of benzene rings is 3. The van der Waals surface area contributed by atoms with Crippen molar-refractivity contribution in [2.24, 2.45) is 0 Å². The first kappa shape index (κ1) is 21.9. The van der Waals surface area contributed by atoms with Crippen molar-refractivity contribution in [2.45, 2.75) is 17.5 Å². The maximum Gasteiger partial charge on any atom is 0.270 e. The number of aromatic nitrogens is 2. The second kappa shape index (κ2) is 9.16. The number of para-hydroxylation sites is 1. The lowest BCUT2D eigenvalue weighted by Crippen LogP contribution is -2.21. The standard InChI is InChI=1S/C24H19N3O6S/c1-31-19-6-4-5-17(11-19)26-23(28)20-7-2-3-8-21(20)25-24(26)34-13-16-10-18(27(29)30)9-15-12-32-14-33-22(15)16/h2-11H,12-14H2,1H3. The summed E-state index contributed by atoms with van der Waals surface area (Å²) < 4.78 is 17.8. The molecule has 0 saturated carbocycles. The van der Waals surface area contributed by atoms with Gasteiger partial charge in [0.2, 0.25) is 0 Å². The number of non-ortho nitro benzene ring substituents is 1. The summed E-state index contributed by atoms with van der Waals surface area (Å²) >= 11 is 1.30. The van der Waals surface area contributed by atoms with Crippen LogP contribution in [0.5, 0.6) is 11.5 Å². The van der Waals surface area contributed by atoms with Crippen LogP contribution in [0.2, 0.25) is 0 Å². The zero-order valence-corrected chi connectivity index (χ0v) is 18.9. The molecule has 0 fully saturated rings. The van der Waals surface area contributed by atoms with Gasteiger partial charge >= 0.3 is 0 Å². The van der Waals surface area contributed by atoms with Gasteiger partial charge in [-0.1, -0.05) is 30.0 Å². The number of thioether (sulfide) groups is 1. The van der Waals surface area contributed by atoms with Gasteiger partial charge in [-0.25, -0.2) is 4.98 Å². The third kappa shape index (κ3) is 4.09. The van der Waals surface area contributed by atoms with Gasteiger partial charge in [-0.15, -0.1) is 0 Å². The summed E-state index contributed by atoms with van der Waals surface area (Å²) in [7, 11) is 1.56. The van der Waals surface area contributed by atoms with Gasteiger partial charge in [0.15, 0.2) is 11.9 Å². The minimum atomic E-state index is -0.441. The third-order valence-corrected chi connectivity index (χ3v) is 6.38. The van der Waals surface area contributed by atoms with Crippen LogP contribution in [-0.4, -0.2) is 28.4 Å². The van der Waals surface area contributed by atoms with Gasteiger partial charge in [0.05, 0.1) is 35.2 Å². The number of hydrogen-bond donors (Lipinski definition) is 0. The van der Waals surface area contributed by atoms with Crippen molar-refractivity contribution in [3.63, 3.8) is 0 Å². The Hall–Kier alpha value is -3.89. The highest BCUT2D eigenvalue weighted by Gasteiger charge is 2.22. The summed E-state index contributed by atoms with van der Waals surface area (Å²) in [5.41, 5.74) is 2.17. The van der Waals surface area contributed by atoms with Crippen molar-refractivity contribution in [1.82, 2.24) is 9.55 Å². The summed E-state index contributed by atoms with van der Waals surface area (Å²) in [5, 5.41) is 12.4. The molecule has 4 aromatic rings. The molecule has 9 nitrogen and oxygen atoms in total. The predicted molar refractivity (Wildman–Crippen MR) is 127 cm³/mol. The fourth-order valence-electron chi connectivity index (χ4n) is 3.82. The molecular weight excluding hydrogens is 458 g/mol. The SMILES string of the molecule is COc1cccc(-n2c(SCc3cc([N+](=O)[O-])cc4c3OCOC4)nc3ccccc3c2=O)c1. The first-order valence-corrected chi connectivity index (χ1v) is 11.3. The molecule has 0 atom stereocenters. The smallest absolute Gasteiger partial charge is 0.270 e. The molecule has 5 rings (SSSR count). The molecule has 0 spiro atoms. The number of nitrogens with zero attached hydrogens (tertiary/aromatic N) is 3. The van der Waals surface area contributed by atoms with E-state index in [2.05, 4.69) is 0 Å². The molecule has 0 N–H and O–H groups in total. The van der Waals surface area contributed by atoms with Crippen LogP contribution in [0.4, 0.5) is 5.69 Å². The number of rotatable bonds is 6. The van der Waals surface area contributed by atoms with Gasteiger partial charge in [0.1, 0.15) is 11.5 Å². The molecule has 0 bridgehead atoms. The summed E-state index contributed by atoms with van der Waals surface area (Å²) in [6.45, 7) is 0.308. The van der Waals surface area contributed by atoms with E-state index in [1.807, 2.05) is 6.07 Å². The lowest BCUT2D eigenvalue weighted by molar-refractivity contribution is -0.385. The van der Waals surface area contributed by atoms with Gasteiger partial charge < -0.3 is 14.2 Å². The maximum absolute atomic E-state index is 13.5. The Morgan fingerprint density at radius 2 is 2.03 bits per heavy atom. The quantitative estimate of drug-likeness (QED) is 0.173. The van der Waals surface area contributed by atoms with Gasteiger partial charge in [-0.2, -0.15) is 0 Å². The van der Waals surface area contributed by atoms with Gasteiger partial charge in [-0.3, -0.25) is 19.5 Å². The van der Waals surface area contributed by atoms with E-state index in [-0.39, 0.29) is 24.6 Å². The molecule has 34 heavy (non-hydrogen) atoms. The topological polar surface area (TPSA) is 106 Å². The average molecular weight is 477 g/mol. The van der Waals surface area contributed by atoms with Crippen molar-refractivity contribution >= 4 is 28.4 Å². The molecule has 2 heterocycles. The van der Waals surface area contributed by atoms with E-state index >= 15 is 0 Å². The molecule has 0 unspecified atom stereocenters. The average Bonchev–Trinajstić information content (AvgIpc) is 2.87.